The largest absolute Gasteiger partial charge is 0.491 e. The van der Waals surface area contributed by atoms with Crippen LogP contribution in [0.5, 0.6) is 5.75 Å². The van der Waals surface area contributed by atoms with Crippen molar-refractivity contribution in [3.63, 3.8) is 0 Å². The maximum Gasteiger partial charge on any atom is 0.243 e. The molecule has 1 aliphatic rings. The zero-order valence-electron chi connectivity index (χ0n) is 18.6. The third-order valence-electron chi connectivity index (χ3n) is 5.91. The van der Waals surface area contributed by atoms with Crippen molar-refractivity contribution in [2.45, 2.75) is 24.8 Å². The Hall–Kier alpha value is -2.45. The molecule has 4 rings (SSSR count). The van der Waals surface area contributed by atoms with E-state index < -0.39 is 16.1 Å². The lowest BCUT2D eigenvalue weighted by atomic mass is 10.1. The fourth-order valence-corrected chi connectivity index (χ4v) is 5.81. The predicted molar refractivity (Wildman–Crippen MR) is 127 cm³/mol. The molecule has 32 heavy (non-hydrogen) atoms. The molecular formula is C25H30N2O4S. The second kappa shape index (κ2) is 9.58. The molecule has 0 aliphatic carbocycles. The number of hydrogen-bond acceptors (Lipinski definition) is 5. The van der Waals surface area contributed by atoms with Gasteiger partial charge in [-0.1, -0.05) is 48.0 Å². The first-order valence-electron chi connectivity index (χ1n) is 10.9. The van der Waals surface area contributed by atoms with Crippen LogP contribution in [-0.2, 0) is 10.0 Å². The summed E-state index contributed by atoms with van der Waals surface area (Å²) in [5.74, 6) is 0.729. The lowest BCUT2D eigenvalue weighted by Crippen LogP contribution is -2.50. The van der Waals surface area contributed by atoms with Gasteiger partial charge in [0.1, 0.15) is 18.5 Å². The first-order valence-corrected chi connectivity index (χ1v) is 12.4. The van der Waals surface area contributed by atoms with Crippen LogP contribution in [0.2, 0.25) is 0 Å². The number of aliphatic hydroxyl groups is 1. The lowest BCUT2D eigenvalue weighted by molar-refractivity contribution is 0.0569. The number of nitrogens with zero attached hydrogens (tertiary/aromatic N) is 2. The smallest absolute Gasteiger partial charge is 0.243 e. The summed E-state index contributed by atoms with van der Waals surface area (Å²) >= 11 is 0. The van der Waals surface area contributed by atoms with Gasteiger partial charge in [-0.25, -0.2) is 8.42 Å². The van der Waals surface area contributed by atoms with Crippen LogP contribution in [-0.4, -0.2) is 68.2 Å². The maximum absolute atomic E-state index is 13.0. The standard InChI is InChI=1S/C25H30N2O4S/c1-19-7-10-25(20(2)15-19)32(29,30)27-13-11-26(12-14-27)17-23(28)18-31-24-9-8-21-5-3-4-6-22(21)16-24/h3-10,15-16,23,28H,11-14,17-18H2,1-2H3/t23-/m0/s1. The van der Waals surface area contributed by atoms with Crippen molar-refractivity contribution < 1.29 is 18.3 Å². The van der Waals surface area contributed by atoms with Crippen molar-refractivity contribution in [3.8, 4) is 5.75 Å². The van der Waals surface area contributed by atoms with E-state index in [1.165, 1.54) is 0 Å². The Balaban J connectivity index is 1.28. The third kappa shape index (κ3) is 5.13. The molecule has 1 heterocycles. The van der Waals surface area contributed by atoms with Crippen LogP contribution in [0.4, 0.5) is 0 Å². The number of benzene rings is 3. The van der Waals surface area contributed by atoms with Crippen LogP contribution >= 0.6 is 0 Å². The van der Waals surface area contributed by atoms with Crippen molar-refractivity contribution in [2.24, 2.45) is 0 Å². The summed E-state index contributed by atoms with van der Waals surface area (Å²) in [6.45, 7) is 6.42. The molecule has 1 aliphatic heterocycles. The van der Waals surface area contributed by atoms with Gasteiger partial charge >= 0.3 is 0 Å². The number of β-amino-alcohol motifs (C(OH)–C–C–N with tert-alkyl or cyclic N) is 1. The highest BCUT2D eigenvalue weighted by atomic mass is 32.2. The Labute approximate surface area is 190 Å². The first-order chi connectivity index (χ1) is 15.3. The van der Waals surface area contributed by atoms with Crippen molar-refractivity contribution in [2.75, 3.05) is 39.3 Å². The highest BCUT2D eigenvalue weighted by Crippen LogP contribution is 2.23. The van der Waals surface area contributed by atoms with Crippen LogP contribution in [0.1, 0.15) is 11.1 Å². The van der Waals surface area contributed by atoms with Gasteiger partial charge in [0, 0.05) is 32.7 Å². The maximum atomic E-state index is 13.0. The van der Waals surface area contributed by atoms with Gasteiger partial charge in [0.25, 0.3) is 0 Å². The fourth-order valence-electron chi connectivity index (χ4n) is 4.18. The van der Waals surface area contributed by atoms with Gasteiger partial charge in [-0.3, -0.25) is 4.90 Å². The molecule has 0 radical (unpaired) electrons. The Bertz CT molecular complexity index is 1190. The molecule has 0 aromatic heterocycles. The van der Waals surface area contributed by atoms with E-state index in [1.54, 1.807) is 10.4 Å². The Morgan fingerprint density at radius 3 is 2.38 bits per heavy atom. The number of hydrogen-bond donors (Lipinski definition) is 1. The minimum Gasteiger partial charge on any atom is -0.491 e. The molecule has 1 atom stereocenters. The van der Waals surface area contributed by atoms with Gasteiger partial charge in [-0.2, -0.15) is 4.31 Å². The second-order valence-corrected chi connectivity index (χ2v) is 10.4. The van der Waals surface area contributed by atoms with Gasteiger partial charge in [-0.05, 0) is 48.4 Å². The number of aliphatic hydroxyl groups excluding tert-OH is 1. The number of fused-ring (bicyclic) bond motifs is 1. The molecule has 0 amide bonds. The molecular weight excluding hydrogens is 424 g/mol. The van der Waals surface area contributed by atoms with Crippen LogP contribution in [0, 0.1) is 13.8 Å². The molecule has 0 bridgehead atoms. The Kier molecular flexibility index (Phi) is 6.81. The summed E-state index contributed by atoms with van der Waals surface area (Å²) < 4.78 is 33.4. The van der Waals surface area contributed by atoms with E-state index in [-0.39, 0.29) is 6.61 Å². The first kappa shape index (κ1) is 22.7. The van der Waals surface area contributed by atoms with Crippen molar-refractivity contribution in [1.29, 1.82) is 0 Å². The molecule has 7 heteroatoms. The summed E-state index contributed by atoms with van der Waals surface area (Å²) in [6.07, 6.45) is -0.649. The summed E-state index contributed by atoms with van der Waals surface area (Å²) in [7, 11) is -3.51. The zero-order valence-corrected chi connectivity index (χ0v) is 19.4. The van der Waals surface area contributed by atoms with Crippen molar-refractivity contribution >= 4 is 20.8 Å². The number of rotatable bonds is 7. The van der Waals surface area contributed by atoms with E-state index >= 15 is 0 Å². The van der Waals surface area contributed by atoms with E-state index in [2.05, 4.69) is 4.90 Å². The Morgan fingerprint density at radius 2 is 1.66 bits per heavy atom. The van der Waals surface area contributed by atoms with Gasteiger partial charge in [-0.15, -0.1) is 0 Å². The van der Waals surface area contributed by atoms with Crippen molar-refractivity contribution in [1.82, 2.24) is 9.21 Å². The second-order valence-electron chi connectivity index (χ2n) is 8.45. The molecule has 0 saturated carbocycles. The van der Waals surface area contributed by atoms with E-state index in [0.717, 1.165) is 27.6 Å². The van der Waals surface area contributed by atoms with Crippen molar-refractivity contribution in [3.05, 3.63) is 71.8 Å². The zero-order chi connectivity index (χ0) is 22.7. The highest BCUT2D eigenvalue weighted by Gasteiger charge is 2.30. The highest BCUT2D eigenvalue weighted by molar-refractivity contribution is 7.89. The van der Waals surface area contributed by atoms with E-state index in [9.17, 15) is 13.5 Å². The average molecular weight is 455 g/mol. The van der Waals surface area contributed by atoms with Gasteiger partial charge < -0.3 is 9.84 Å². The third-order valence-corrected chi connectivity index (χ3v) is 7.97. The summed E-state index contributed by atoms with van der Waals surface area (Å²) in [5, 5.41) is 12.7. The summed E-state index contributed by atoms with van der Waals surface area (Å²) in [6, 6.07) is 19.4. The monoisotopic (exact) mass is 454 g/mol. The van der Waals surface area contributed by atoms with E-state index in [1.807, 2.05) is 68.4 Å². The molecule has 3 aromatic rings. The topological polar surface area (TPSA) is 70.1 Å². The fraction of sp³-hybridized carbons (Fsp3) is 0.360. The molecule has 170 valence electrons. The lowest BCUT2D eigenvalue weighted by Gasteiger charge is -2.35. The number of piperazine rings is 1. The van der Waals surface area contributed by atoms with Gasteiger partial charge in [0.05, 0.1) is 4.90 Å². The predicted octanol–water partition coefficient (Wildman–Crippen LogP) is 3.20. The molecule has 1 N–H and O–H groups in total. The molecule has 1 saturated heterocycles. The van der Waals surface area contributed by atoms with Crippen LogP contribution in [0.15, 0.2) is 65.6 Å². The average Bonchev–Trinajstić information content (AvgIpc) is 2.77. The van der Waals surface area contributed by atoms with Gasteiger partial charge in [0.2, 0.25) is 10.0 Å². The Morgan fingerprint density at radius 1 is 0.938 bits per heavy atom. The van der Waals surface area contributed by atoms with Gasteiger partial charge in [0.15, 0.2) is 0 Å². The molecule has 6 nitrogen and oxygen atoms in total. The van der Waals surface area contributed by atoms with E-state index in [0.29, 0.717) is 37.6 Å². The van der Waals surface area contributed by atoms with Crippen LogP contribution in [0.3, 0.4) is 0 Å². The normalized spacial score (nSPS) is 16.8. The van der Waals surface area contributed by atoms with Crippen LogP contribution < -0.4 is 4.74 Å². The number of ether oxygens (including phenoxy) is 1. The minimum absolute atomic E-state index is 0.194. The molecule has 0 unspecified atom stereocenters. The molecule has 3 aromatic carbocycles. The number of sulfonamides is 1. The van der Waals surface area contributed by atoms with Crippen LogP contribution in [0.25, 0.3) is 10.8 Å². The summed E-state index contributed by atoms with van der Waals surface area (Å²) in [4.78, 5) is 2.46. The molecule has 1 fully saturated rings. The quantitative estimate of drug-likeness (QED) is 0.594. The molecule has 0 spiro atoms. The SMILES string of the molecule is Cc1ccc(S(=O)(=O)N2CCN(C[C@H](O)COc3ccc4ccccc4c3)CC2)c(C)c1. The minimum atomic E-state index is -3.51. The summed E-state index contributed by atoms with van der Waals surface area (Å²) in [5.41, 5.74) is 1.82. The van der Waals surface area contributed by atoms with E-state index in [4.69, 9.17) is 4.74 Å². The number of aryl methyl sites for hydroxylation is 2.